The minimum absolute atomic E-state index is 0.641. The van der Waals surface area contributed by atoms with Gasteiger partial charge in [0.25, 0.3) is 0 Å². The molecule has 0 amide bonds. The number of aromatic nitrogens is 2. The van der Waals surface area contributed by atoms with Crippen molar-refractivity contribution >= 4 is 5.82 Å². The highest BCUT2D eigenvalue weighted by Gasteiger charge is 2.06. The van der Waals surface area contributed by atoms with Gasteiger partial charge in [0.1, 0.15) is 11.6 Å². The third kappa shape index (κ3) is 4.12. The topological polar surface area (TPSA) is 67.1 Å². The van der Waals surface area contributed by atoms with E-state index >= 15 is 0 Å². The summed E-state index contributed by atoms with van der Waals surface area (Å²) in [4.78, 5) is 10.9. The van der Waals surface area contributed by atoms with E-state index in [1.165, 1.54) is 0 Å². The summed E-state index contributed by atoms with van der Waals surface area (Å²) in [6.45, 7) is 8.10. The number of anilines is 1. The van der Waals surface area contributed by atoms with E-state index in [1.54, 1.807) is 0 Å². The number of hydrogen-bond donors (Lipinski definition) is 2. The second-order valence-electron chi connectivity index (χ2n) is 4.55. The molecule has 0 aromatic carbocycles. The average Bonchev–Trinajstić information content (AvgIpc) is 2.14. The molecule has 5 heteroatoms. The zero-order chi connectivity index (χ0) is 12.1. The van der Waals surface area contributed by atoms with Gasteiger partial charge in [0.05, 0.1) is 6.54 Å². The van der Waals surface area contributed by atoms with Gasteiger partial charge in [-0.25, -0.2) is 15.8 Å². The lowest BCUT2D eigenvalue weighted by Gasteiger charge is -2.18. The van der Waals surface area contributed by atoms with E-state index in [2.05, 4.69) is 41.2 Å². The van der Waals surface area contributed by atoms with Gasteiger partial charge in [-0.05, 0) is 19.9 Å². The Bertz CT molecular complexity index is 337. The Hall–Kier alpha value is -1.20. The van der Waals surface area contributed by atoms with E-state index in [9.17, 15) is 0 Å². The quantitative estimate of drug-likeness (QED) is 0.579. The highest BCUT2D eigenvalue weighted by atomic mass is 15.3. The van der Waals surface area contributed by atoms with Crippen LogP contribution in [0.5, 0.6) is 0 Å². The lowest BCUT2D eigenvalue weighted by molar-refractivity contribution is 0.282. The van der Waals surface area contributed by atoms with Gasteiger partial charge in [-0.15, -0.1) is 0 Å². The highest BCUT2D eigenvalue weighted by Crippen LogP contribution is 2.07. The molecular weight excluding hydrogens is 202 g/mol. The first-order chi connectivity index (χ1) is 7.51. The zero-order valence-corrected chi connectivity index (χ0v) is 10.5. The molecule has 0 aliphatic heterocycles. The summed E-state index contributed by atoms with van der Waals surface area (Å²) < 4.78 is 0. The molecule has 3 N–H and O–H groups in total. The number of rotatable bonds is 5. The summed E-state index contributed by atoms with van der Waals surface area (Å²) in [5.74, 6) is 7.45. The van der Waals surface area contributed by atoms with Crippen molar-refractivity contribution in [3.63, 3.8) is 0 Å². The van der Waals surface area contributed by atoms with Gasteiger partial charge in [0.15, 0.2) is 0 Å². The van der Waals surface area contributed by atoms with Crippen molar-refractivity contribution in [1.82, 2.24) is 14.9 Å². The molecule has 0 bridgehead atoms. The van der Waals surface area contributed by atoms with Crippen molar-refractivity contribution in [2.45, 2.75) is 27.3 Å². The SMILES string of the molecule is Cc1cc(NN)nc(CN(C)CC(C)C)n1. The largest absolute Gasteiger partial charge is 0.308 e. The van der Waals surface area contributed by atoms with Gasteiger partial charge in [-0.2, -0.15) is 0 Å². The van der Waals surface area contributed by atoms with Crippen LogP contribution in [0.2, 0.25) is 0 Å². The first kappa shape index (κ1) is 12.9. The fourth-order valence-corrected chi connectivity index (χ4v) is 1.70. The molecule has 1 rings (SSSR count). The van der Waals surface area contributed by atoms with Crippen LogP contribution in [0.15, 0.2) is 6.07 Å². The van der Waals surface area contributed by atoms with Crippen molar-refractivity contribution in [1.29, 1.82) is 0 Å². The summed E-state index contributed by atoms with van der Waals surface area (Å²) in [6.07, 6.45) is 0. The van der Waals surface area contributed by atoms with Gasteiger partial charge in [-0.3, -0.25) is 4.90 Å². The number of hydrogen-bond acceptors (Lipinski definition) is 5. The molecule has 90 valence electrons. The summed E-state index contributed by atoms with van der Waals surface area (Å²) in [6, 6.07) is 1.83. The van der Waals surface area contributed by atoms with Crippen LogP contribution in [-0.2, 0) is 6.54 Å². The molecule has 0 spiro atoms. The Labute approximate surface area is 97.0 Å². The monoisotopic (exact) mass is 223 g/mol. The van der Waals surface area contributed by atoms with Crippen LogP contribution < -0.4 is 11.3 Å². The van der Waals surface area contributed by atoms with E-state index in [4.69, 9.17) is 5.84 Å². The van der Waals surface area contributed by atoms with Crippen molar-refractivity contribution in [3.05, 3.63) is 17.6 Å². The average molecular weight is 223 g/mol. The smallest absolute Gasteiger partial charge is 0.144 e. The third-order valence-electron chi connectivity index (χ3n) is 2.14. The predicted molar refractivity (Wildman–Crippen MR) is 65.8 cm³/mol. The van der Waals surface area contributed by atoms with Crippen LogP contribution >= 0.6 is 0 Å². The molecule has 0 saturated heterocycles. The number of nitrogen functional groups attached to an aromatic ring is 1. The van der Waals surface area contributed by atoms with Crippen LogP contribution in [-0.4, -0.2) is 28.5 Å². The molecule has 0 fully saturated rings. The van der Waals surface area contributed by atoms with Gasteiger partial charge < -0.3 is 5.43 Å². The maximum absolute atomic E-state index is 5.35. The maximum Gasteiger partial charge on any atom is 0.144 e. The van der Waals surface area contributed by atoms with E-state index in [1.807, 2.05) is 13.0 Å². The number of hydrazine groups is 1. The van der Waals surface area contributed by atoms with Crippen LogP contribution in [0.1, 0.15) is 25.4 Å². The zero-order valence-electron chi connectivity index (χ0n) is 10.5. The van der Waals surface area contributed by atoms with Crippen LogP contribution in [0.25, 0.3) is 0 Å². The molecule has 0 aliphatic rings. The molecule has 0 radical (unpaired) electrons. The van der Waals surface area contributed by atoms with E-state index < -0.39 is 0 Å². The number of nitrogens with zero attached hydrogens (tertiary/aromatic N) is 3. The Balaban J connectivity index is 2.69. The molecule has 0 unspecified atom stereocenters. The maximum atomic E-state index is 5.35. The van der Waals surface area contributed by atoms with Gasteiger partial charge in [0.2, 0.25) is 0 Å². The number of aryl methyl sites for hydroxylation is 1. The van der Waals surface area contributed by atoms with Crippen LogP contribution in [0, 0.1) is 12.8 Å². The second kappa shape index (κ2) is 5.77. The molecule has 1 aromatic heterocycles. The highest BCUT2D eigenvalue weighted by molar-refractivity contribution is 5.33. The van der Waals surface area contributed by atoms with Crippen LogP contribution in [0.4, 0.5) is 5.82 Å². The van der Waals surface area contributed by atoms with Gasteiger partial charge in [-0.1, -0.05) is 13.8 Å². The first-order valence-electron chi connectivity index (χ1n) is 5.51. The predicted octanol–water partition coefficient (Wildman–Crippen LogP) is 1.16. The minimum atomic E-state index is 0.641. The standard InChI is InChI=1S/C11H21N5/c1-8(2)6-16(4)7-11-13-9(3)5-10(14-11)15-12/h5,8H,6-7,12H2,1-4H3,(H,13,14,15). The molecule has 0 aliphatic carbocycles. The molecule has 0 atom stereocenters. The summed E-state index contributed by atoms with van der Waals surface area (Å²) >= 11 is 0. The van der Waals surface area contributed by atoms with E-state index in [0.717, 1.165) is 24.6 Å². The minimum Gasteiger partial charge on any atom is -0.308 e. The van der Waals surface area contributed by atoms with Gasteiger partial charge in [0, 0.05) is 18.3 Å². The fourth-order valence-electron chi connectivity index (χ4n) is 1.70. The summed E-state index contributed by atoms with van der Waals surface area (Å²) in [5.41, 5.74) is 3.48. The molecule has 5 nitrogen and oxygen atoms in total. The summed E-state index contributed by atoms with van der Waals surface area (Å²) in [5, 5.41) is 0. The van der Waals surface area contributed by atoms with Crippen molar-refractivity contribution in [2.75, 3.05) is 19.0 Å². The van der Waals surface area contributed by atoms with Crippen molar-refractivity contribution < 1.29 is 0 Å². The Morgan fingerprint density at radius 1 is 1.44 bits per heavy atom. The van der Waals surface area contributed by atoms with Crippen LogP contribution in [0.3, 0.4) is 0 Å². The number of nitrogens with two attached hydrogens (primary N) is 1. The number of nitrogens with one attached hydrogen (secondary N) is 1. The van der Waals surface area contributed by atoms with E-state index in [0.29, 0.717) is 11.7 Å². The lowest BCUT2D eigenvalue weighted by Crippen LogP contribution is -2.24. The van der Waals surface area contributed by atoms with E-state index in [-0.39, 0.29) is 0 Å². The Kier molecular flexibility index (Phi) is 4.64. The van der Waals surface area contributed by atoms with Gasteiger partial charge >= 0.3 is 0 Å². The Morgan fingerprint density at radius 2 is 2.12 bits per heavy atom. The molecule has 1 heterocycles. The molecule has 16 heavy (non-hydrogen) atoms. The Morgan fingerprint density at radius 3 is 2.69 bits per heavy atom. The third-order valence-corrected chi connectivity index (χ3v) is 2.14. The first-order valence-corrected chi connectivity index (χ1v) is 5.51. The van der Waals surface area contributed by atoms with Crippen molar-refractivity contribution in [3.8, 4) is 0 Å². The molecular formula is C11H21N5. The second-order valence-corrected chi connectivity index (χ2v) is 4.55. The summed E-state index contributed by atoms with van der Waals surface area (Å²) in [7, 11) is 2.07. The van der Waals surface area contributed by atoms with Crippen molar-refractivity contribution in [2.24, 2.45) is 11.8 Å². The normalized spacial score (nSPS) is 11.2. The molecule has 0 saturated carbocycles. The molecule has 1 aromatic rings. The fraction of sp³-hybridized carbons (Fsp3) is 0.636. The lowest BCUT2D eigenvalue weighted by atomic mass is 10.2.